The van der Waals surface area contributed by atoms with E-state index in [1.807, 2.05) is 13.8 Å². The maximum atomic E-state index is 8.73. The summed E-state index contributed by atoms with van der Waals surface area (Å²) >= 11 is 0. The Labute approximate surface area is 99.8 Å². The molecular weight excluding hydrogens is 202 g/mol. The van der Waals surface area contributed by atoms with Gasteiger partial charge in [0.2, 0.25) is 0 Å². The predicted molar refractivity (Wildman–Crippen MR) is 67.3 cm³/mol. The number of aliphatic hydroxyl groups excluding tert-OH is 1. The van der Waals surface area contributed by atoms with E-state index in [-0.39, 0.29) is 6.61 Å². The molecule has 3 heteroatoms. The van der Waals surface area contributed by atoms with Crippen LogP contribution in [-0.4, -0.2) is 48.5 Å². The Morgan fingerprint density at radius 2 is 1.88 bits per heavy atom. The quantitative estimate of drug-likeness (QED) is 0.669. The molecule has 0 spiro atoms. The summed E-state index contributed by atoms with van der Waals surface area (Å²) < 4.78 is 5.53. The molecule has 0 aliphatic rings. The van der Waals surface area contributed by atoms with Crippen molar-refractivity contribution in [1.82, 2.24) is 4.90 Å². The molecule has 0 aliphatic heterocycles. The maximum Gasteiger partial charge on any atom is 0.125 e. The lowest BCUT2D eigenvalue weighted by Gasteiger charge is -2.22. The molecule has 94 valence electrons. The van der Waals surface area contributed by atoms with E-state index < -0.39 is 5.60 Å². The molecule has 0 saturated carbocycles. The number of aliphatic hydroxyl groups is 1. The highest BCUT2D eigenvalue weighted by Gasteiger charge is 2.18. The molecule has 1 atom stereocenters. The molecule has 16 heavy (non-hydrogen) atoms. The molecule has 0 aromatic carbocycles. The van der Waals surface area contributed by atoms with Crippen LogP contribution in [0, 0.1) is 11.8 Å². The number of hydrogen-bond acceptors (Lipinski definition) is 3. The predicted octanol–water partition coefficient (Wildman–Crippen LogP) is 1.51. The van der Waals surface area contributed by atoms with Gasteiger partial charge in [0.15, 0.2) is 0 Å². The van der Waals surface area contributed by atoms with Crippen molar-refractivity contribution in [1.29, 1.82) is 0 Å². The van der Waals surface area contributed by atoms with Crippen LogP contribution < -0.4 is 0 Å². The lowest BCUT2D eigenvalue weighted by Crippen LogP contribution is -2.28. The minimum atomic E-state index is -0.421. The highest BCUT2D eigenvalue weighted by molar-refractivity contribution is 5.13. The largest absolute Gasteiger partial charge is 0.394 e. The lowest BCUT2D eigenvalue weighted by molar-refractivity contribution is -0.00823. The van der Waals surface area contributed by atoms with E-state index in [0.29, 0.717) is 6.61 Å². The molecule has 0 aromatic heterocycles. The molecule has 0 amide bonds. The van der Waals surface area contributed by atoms with Crippen molar-refractivity contribution in [2.24, 2.45) is 0 Å². The van der Waals surface area contributed by atoms with Gasteiger partial charge in [-0.1, -0.05) is 32.6 Å². The van der Waals surface area contributed by atoms with Crippen LogP contribution in [0.15, 0.2) is 0 Å². The van der Waals surface area contributed by atoms with Crippen LogP contribution in [0.5, 0.6) is 0 Å². The summed E-state index contributed by atoms with van der Waals surface area (Å²) in [6, 6.07) is 0. The summed E-state index contributed by atoms with van der Waals surface area (Å²) in [7, 11) is 0. The average Bonchev–Trinajstić information content (AvgIpc) is 2.32. The Hall–Kier alpha value is -0.560. The van der Waals surface area contributed by atoms with Gasteiger partial charge < -0.3 is 9.84 Å². The van der Waals surface area contributed by atoms with E-state index in [2.05, 4.69) is 30.6 Å². The van der Waals surface area contributed by atoms with Crippen molar-refractivity contribution in [3.8, 4) is 11.8 Å². The second kappa shape index (κ2) is 8.58. The van der Waals surface area contributed by atoms with Gasteiger partial charge in [0.25, 0.3) is 0 Å². The van der Waals surface area contributed by atoms with Crippen LogP contribution in [0.2, 0.25) is 0 Å². The summed E-state index contributed by atoms with van der Waals surface area (Å²) in [5.74, 6) is 6.31. The molecule has 0 rings (SSSR count). The first-order valence-corrected chi connectivity index (χ1v) is 6.09. The number of ether oxygens (including phenoxy) is 1. The molecule has 0 heterocycles. The van der Waals surface area contributed by atoms with Crippen LogP contribution in [0.25, 0.3) is 0 Å². The highest BCUT2D eigenvalue weighted by Crippen LogP contribution is 2.13. The molecule has 1 N–H and O–H groups in total. The maximum absolute atomic E-state index is 8.73. The van der Waals surface area contributed by atoms with Crippen LogP contribution in [0.3, 0.4) is 0 Å². The third kappa shape index (κ3) is 6.12. The summed E-state index contributed by atoms with van der Waals surface area (Å²) in [5, 5.41) is 8.73. The molecule has 0 aromatic rings. The standard InChI is InChI=1S/C13H25NO2/c1-5-13(4,16-12-11-15)9-8-10-14(6-2)7-3/h15H,5-7,10-12H2,1-4H3/t13-/m0/s1. The molecule has 0 fully saturated rings. The van der Waals surface area contributed by atoms with Crippen molar-refractivity contribution in [3.05, 3.63) is 0 Å². The zero-order chi connectivity index (χ0) is 12.4. The first kappa shape index (κ1) is 15.4. The van der Waals surface area contributed by atoms with Crippen LogP contribution >= 0.6 is 0 Å². The Balaban J connectivity index is 4.23. The average molecular weight is 227 g/mol. The normalized spacial score (nSPS) is 14.4. The van der Waals surface area contributed by atoms with E-state index in [1.165, 1.54) is 0 Å². The monoisotopic (exact) mass is 227 g/mol. The van der Waals surface area contributed by atoms with Gasteiger partial charge in [-0.25, -0.2) is 0 Å². The second-order valence-corrected chi connectivity index (χ2v) is 3.92. The van der Waals surface area contributed by atoms with Gasteiger partial charge in [0, 0.05) is 0 Å². The summed E-state index contributed by atoms with van der Waals surface area (Å²) in [6.07, 6.45) is 0.832. The molecular formula is C13H25NO2. The third-order valence-corrected chi connectivity index (χ3v) is 2.74. The Kier molecular flexibility index (Phi) is 8.28. The van der Waals surface area contributed by atoms with Crippen molar-refractivity contribution < 1.29 is 9.84 Å². The minimum absolute atomic E-state index is 0.0489. The lowest BCUT2D eigenvalue weighted by atomic mass is 10.0. The number of nitrogens with zero attached hydrogens (tertiary/aromatic N) is 1. The van der Waals surface area contributed by atoms with E-state index in [1.54, 1.807) is 0 Å². The second-order valence-electron chi connectivity index (χ2n) is 3.92. The number of rotatable bonds is 7. The van der Waals surface area contributed by atoms with Gasteiger partial charge in [0.05, 0.1) is 19.8 Å². The molecule has 3 nitrogen and oxygen atoms in total. The molecule has 0 unspecified atom stereocenters. The third-order valence-electron chi connectivity index (χ3n) is 2.74. The zero-order valence-electron chi connectivity index (χ0n) is 11.0. The van der Waals surface area contributed by atoms with E-state index in [0.717, 1.165) is 26.1 Å². The van der Waals surface area contributed by atoms with Gasteiger partial charge in [-0.15, -0.1) is 0 Å². The summed E-state index contributed by atoms with van der Waals surface area (Å²) in [5.41, 5.74) is -0.421. The number of hydrogen-bond donors (Lipinski definition) is 1. The SMILES string of the molecule is CCN(CC)CC#C[C@](C)(CC)OCCO. The van der Waals surface area contributed by atoms with Crippen molar-refractivity contribution in [2.45, 2.75) is 39.7 Å². The topological polar surface area (TPSA) is 32.7 Å². The first-order valence-electron chi connectivity index (χ1n) is 6.09. The molecule has 0 saturated heterocycles. The van der Waals surface area contributed by atoms with Crippen LogP contribution in [0.1, 0.15) is 34.1 Å². The summed E-state index contributed by atoms with van der Waals surface area (Å²) in [6.45, 7) is 11.5. The fourth-order valence-corrected chi connectivity index (χ4v) is 1.28. The van der Waals surface area contributed by atoms with Gasteiger partial charge in [-0.2, -0.15) is 0 Å². The minimum Gasteiger partial charge on any atom is -0.394 e. The fraction of sp³-hybridized carbons (Fsp3) is 0.846. The molecule has 0 radical (unpaired) electrons. The first-order chi connectivity index (χ1) is 7.61. The Bertz CT molecular complexity index is 228. The molecule has 0 bridgehead atoms. The van der Waals surface area contributed by atoms with Crippen LogP contribution in [0.4, 0.5) is 0 Å². The Morgan fingerprint density at radius 1 is 1.25 bits per heavy atom. The zero-order valence-corrected chi connectivity index (χ0v) is 11.0. The molecule has 0 aliphatic carbocycles. The van der Waals surface area contributed by atoms with E-state index in [4.69, 9.17) is 9.84 Å². The van der Waals surface area contributed by atoms with Crippen LogP contribution in [-0.2, 0) is 4.74 Å². The van der Waals surface area contributed by atoms with E-state index in [9.17, 15) is 0 Å². The van der Waals surface area contributed by atoms with Crippen molar-refractivity contribution in [3.63, 3.8) is 0 Å². The van der Waals surface area contributed by atoms with Crippen molar-refractivity contribution in [2.75, 3.05) is 32.8 Å². The van der Waals surface area contributed by atoms with Gasteiger partial charge in [-0.05, 0) is 26.4 Å². The fourth-order valence-electron chi connectivity index (χ4n) is 1.28. The van der Waals surface area contributed by atoms with Gasteiger partial charge >= 0.3 is 0 Å². The van der Waals surface area contributed by atoms with E-state index >= 15 is 0 Å². The van der Waals surface area contributed by atoms with Crippen molar-refractivity contribution >= 4 is 0 Å². The van der Waals surface area contributed by atoms with Gasteiger partial charge in [-0.3, -0.25) is 4.90 Å². The Morgan fingerprint density at radius 3 is 2.31 bits per heavy atom. The van der Waals surface area contributed by atoms with Gasteiger partial charge in [0.1, 0.15) is 5.60 Å². The highest BCUT2D eigenvalue weighted by atomic mass is 16.5. The smallest absolute Gasteiger partial charge is 0.125 e. The summed E-state index contributed by atoms with van der Waals surface area (Å²) in [4.78, 5) is 2.26.